The average molecular weight is 296 g/mol. The van der Waals surface area contributed by atoms with Gasteiger partial charge in [-0.25, -0.2) is 8.42 Å². The van der Waals surface area contributed by atoms with Crippen LogP contribution in [0.5, 0.6) is 0 Å². The summed E-state index contributed by atoms with van der Waals surface area (Å²) in [5, 5.41) is 9.93. The van der Waals surface area contributed by atoms with Gasteiger partial charge >= 0.3 is 0 Å². The quantitative estimate of drug-likeness (QED) is 0.730. The van der Waals surface area contributed by atoms with Crippen molar-refractivity contribution in [3.8, 4) is 6.07 Å². The Morgan fingerprint density at radius 1 is 1.14 bits per heavy atom. The van der Waals surface area contributed by atoms with Crippen LogP contribution >= 0.6 is 0 Å². The number of aromatic nitrogens is 1. The Kier molecular flexibility index (Phi) is 2.42. The minimum atomic E-state index is -3.22. The van der Waals surface area contributed by atoms with Crippen LogP contribution in [-0.4, -0.2) is 18.1 Å². The fourth-order valence-corrected chi connectivity index (χ4v) is 4.46. The zero-order valence-corrected chi connectivity index (χ0v) is 12.0. The molecule has 1 aliphatic carbocycles. The third kappa shape index (κ3) is 1.69. The monoisotopic (exact) mass is 296 g/mol. The van der Waals surface area contributed by atoms with Crippen molar-refractivity contribution in [2.75, 3.05) is 0 Å². The van der Waals surface area contributed by atoms with Gasteiger partial charge in [0.1, 0.15) is 6.07 Å². The van der Waals surface area contributed by atoms with E-state index in [4.69, 9.17) is 0 Å². The lowest BCUT2D eigenvalue weighted by atomic mass is 10.1. The molecule has 0 spiro atoms. The van der Waals surface area contributed by atoms with Crippen LogP contribution in [-0.2, 0) is 9.84 Å². The van der Waals surface area contributed by atoms with Gasteiger partial charge in [-0.2, -0.15) is 5.26 Å². The Balaban J connectivity index is 2.09. The van der Waals surface area contributed by atoms with Gasteiger partial charge in [-0.05, 0) is 37.1 Å². The van der Waals surface area contributed by atoms with Gasteiger partial charge in [0.15, 0.2) is 9.84 Å². The van der Waals surface area contributed by atoms with Gasteiger partial charge in [0.05, 0.1) is 26.7 Å². The molecule has 3 aromatic rings. The molecule has 1 aliphatic rings. The van der Waals surface area contributed by atoms with E-state index < -0.39 is 9.84 Å². The van der Waals surface area contributed by atoms with Gasteiger partial charge in [0.25, 0.3) is 0 Å². The fourth-order valence-electron chi connectivity index (χ4n) is 2.78. The highest BCUT2D eigenvalue weighted by molar-refractivity contribution is 7.92. The summed E-state index contributed by atoms with van der Waals surface area (Å²) in [4.78, 5) is 0.352. The lowest BCUT2D eigenvalue weighted by molar-refractivity contribution is 0.595. The summed E-state index contributed by atoms with van der Waals surface area (Å²) in [6, 6.07) is 12.9. The van der Waals surface area contributed by atoms with Crippen LogP contribution in [0.3, 0.4) is 0 Å². The van der Waals surface area contributed by atoms with Gasteiger partial charge in [-0.3, -0.25) is 0 Å². The normalized spacial score (nSPS) is 15.4. The van der Waals surface area contributed by atoms with Crippen LogP contribution in [0.15, 0.2) is 47.5 Å². The molecule has 0 saturated heterocycles. The standard InChI is InChI=1S/C16H12N2O2S/c17-10-14-13-7-6-12(21(19,20)11-4-5-11)9-16(13)18-8-2-1-3-15(14)18/h1-3,6-9,11H,4-5H2. The molecule has 4 nitrogen and oxygen atoms in total. The van der Waals surface area contributed by atoms with Crippen LogP contribution in [0, 0.1) is 11.3 Å². The van der Waals surface area contributed by atoms with Crippen molar-refractivity contribution in [2.24, 2.45) is 0 Å². The molecule has 1 aromatic carbocycles. The van der Waals surface area contributed by atoms with E-state index in [0.717, 1.165) is 29.3 Å². The smallest absolute Gasteiger partial charge is 0.181 e. The van der Waals surface area contributed by atoms with Crippen molar-refractivity contribution >= 4 is 26.3 Å². The van der Waals surface area contributed by atoms with Crippen LogP contribution in [0.4, 0.5) is 0 Å². The Labute approximate surface area is 122 Å². The minimum absolute atomic E-state index is 0.225. The molecule has 0 aliphatic heterocycles. The van der Waals surface area contributed by atoms with Gasteiger partial charge in [-0.1, -0.05) is 12.1 Å². The summed E-state index contributed by atoms with van der Waals surface area (Å²) in [5.41, 5.74) is 2.15. The number of hydrogen-bond donors (Lipinski definition) is 0. The first kappa shape index (κ1) is 12.4. The van der Waals surface area contributed by atoms with E-state index in [1.807, 2.05) is 28.8 Å². The number of sulfone groups is 1. The molecule has 0 bridgehead atoms. The molecule has 0 radical (unpaired) electrons. The molecule has 0 unspecified atom stereocenters. The van der Waals surface area contributed by atoms with E-state index in [1.165, 1.54) is 0 Å². The molecule has 5 heteroatoms. The lowest BCUT2D eigenvalue weighted by Gasteiger charge is -2.03. The van der Waals surface area contributed by atoms with Crippen LogP contribution in [0.25, 0.3) is 16.4 Å². The molecule has 0 amide bonds. The Morgan fingerprint density at radius 2 is 1.95 bits per heavy atom. The van der Waals surface area contributed by atoms with Crippen LogP contribution < -0.4 is 0 Å². The second kappa shape index (κ2) is 4.09. The van der Waals surface area contributed by atoms with Crippen molar-refractivity contribution in [3.63, 3.8) is 0 Å². The minimum Gasteiger partial charge on any atom is -0.315 e. The van der Waals surface area contributed by atoms with E-state index in [2.05, 4.69) is 6.07 Å². The summed E-state index contributed by atoms with van der Waals surface area (Å²) in [5.74, 6) is 0. The number of nitrogens with zero attached hydrogens (tertiary/aromatic N) is 2. The maximum absolute atomic E-state index is 12.4. The van der Waals surface area contributed by atoms with E-state index in [-0.39, 0.29) is 5.25 Å². The number of fused-ring (bicyclic) bond motifs is 3. The first-order chi connectivity index (χ1) is 10.1. The number of hydrogen-bond acceptors (Lipinski definition) is 3. The third-order valence-electron chi connectivity index (χ3n) is 4.02. The van der Waals surface area contributed by atoms with Crippen molar-refractivity contribution in [1.29, 1.82) is 5.26 Å². The highest BCUT2D eigenvalue weighted by Crippen LogP contribution is 2.35. The van der Waals surface area contributed by atoms with Gasteiger partial charge in [0, 0.05) is 11.6 Å². The maximum atomic E-state index is 12.4. The Morgan fingerprint density at radius 3 is 2.67 bits per heavy atom. The summed E-state index contributed by atoms with van der Waals surface area (Å²) in [6.45, 7) is 0. The first-order valence-electron chi connectivity index (χ1n) is 6.80. The third-order valence-corrected chi connectivity index (χ3v) is 6.28. The highest BCUT2D eigenvalue weighted by atomic mass is 32.2. The van der Waals surface area contributed by atoms with E-state index in [9.17, 15) is 13.7 Å². The number of pyridine rings is 1. The first-order valence-corrected chi connectivity index (χ1v) is 8.34. The number of nitriles is 1. The maximum Gasteiger partial charge on any atom is 0.181 e. The zero-order valence-electron chi connectivity index (χ0n) is 11.2. The second-order valence-electron chi connectivity index (χ2n) is 5.37. The van der Waals surface area contributed by atoms with Gasteiger partial charge in [0.2, 0.25) is 0 Å². The van der Waals surface area contributed by atoms with E-state index in [0.29, 0.717) is 10.5 Å². The van der Waals surface area contributed by atoms with Crippen molar-refractivity contribution in [1.82, 2.24) is 4.40 Å². The molecule has 104 valence electrons. The summed E-state index contributed by atoms with van der Waals surface area (Å²) in [7, 11) is -3.22. The average Bonchev–Trinajstić information content (AvgIpc) is 3.30. The predicted molar refractivity (Wildman–Crippen MR) is 79.8 cm³/mol. The highest BCUT2D eigenvalue weighted by Gasteiger charge is 2.37. The fraction of sp³-hybridized carbons (Fsp3) is 0.188. The van der Waals surface area contributed by atoms with Crippen LogP contribution in [0.1, 0.15) is 18.4 Å². The van der Waals surface area contributed by atoms with Crippen molar-refractivity contribution in [3.05, 3.63) is 48.2 Å². The predicted octanol–water partition coefficient (Wildman–Crippen LogP) is 2.90. The molecule has 2 aromatic heterocycles. The van der Waals surface area contributed by atoms with E-state index >= 15 is 0 Å². The van der Waals surface area contributed by atoms with Crippen LogP contribution in [0.2, 0.25) is 0 Å². The number of benzene rings is 1. The summed E-state index contributed by atoms with van der Waals surface area (Å²) >= 11 is 0. The molecule has 1 saturated carbocycles. The molecule has 2 heterocycles. The largest absolute Gasteiger partial charge is 0.315 e. The topological polar surface area (TPSA) is 62.3 Å². The summed E-state index contributed by atoms with van der Waals surface area (Å²) < 4.78 is 26.6. The molecular formula is C16H12N2O2S. The second-order valence-corrected chi connectivity index (χ2v) is 7.59. The molecule has 0 atom stereocenters. The lowest BCUT2D eigenvalue weighted by Crippen LogP contribution is -2.06. The van der Waals surface area contributed by atoms with Crippen molar-refractivity contribution < 1.29 is 8.42 Å². The molecule has 21 heavy (non-hydrogen) atoms. The van der Waals surface area contributed by atoms with Gasteiger partial charge in [-0.15, -0.1) is 0 Å². The molecule has 4 rings (SSSR count). The van der Waals surface area contributed by atoms with E-state index in [1.54, 1.807) is 18.2 Å². The molecule has 0 N–H and O–H groups in total. The molecular weight excluding hydrogens is 284 g/mol. The Hall–Kier alpha value is -2.32. The SMILES string of the molecule is N#Cc1c2ccc(S(=O)(=O)C3CC3)cc2n2ccccc12. The number of rotatable bonds is 2. The van der Waals surface area contributed by atoms with Crippen molar-refractivity contribution in [2.45, 2.75) is 23.0 Å². The molecule has 1 fully saturated rings. The summed E-state index contributed by atoms with van der Waals surface area (Å²) in [6.07, 6.45) is 3.35. The Bertz CT molecular complexity index is 1020. The zero-order chi connectivity index (χ0) is 14.6. The van der Waals surface area contributed by atoms with Gasteiger partial charge < -0.3 is 4.40 Å².